The van der Waals surface area contributed by atoms with Crippen LogP contribution in [0.1, 0.15) is 35.2 Å². The molecule has 0 unspecified atom stereocenters. The molecule has 8 heteroatoms. The summed E-state index contributed by atoms with van der Waals surface area (Å²) in [6, 6.07) is 10.9. The Labute approximate surface area is 163 Å². The Morgan fingerprint density at radius 2 is 1.81 bits per heavy atom. The standard InChI is InChI=1S/C19H21ClN2O4S/c20-15-8-9-18(23)17(12-15)21-19(24)16-7-3-2-6-14(16)13-27(25,26)22-10-4-1-5-11-22/h2-3,6-9,12,23H,1,4-5,10-11,13H2,(H,21,24). The number of aromatic hydroxyl groups is 1. The summed E-state index contributed by atoms with van der Waals surface area (Å²) in [5.41, 5.74) is 0.834. The lowest BCUT2D eigenvalue weighted by molar-refractivity contribution is 0.102. The minimum Gasteiger partial charge on any atom is -0.506 e. The molecule has 1 aliphatic rings. The highest BCUT2D eigenvalue weighted by Gasteiger charge is 2.26. The van der Waals surface area contributed by atoms with Crippen LogP contribution in [-0.4, -0.2) is 36.8 Å². The number of nitrogens with one attached hydrogen (secondary N) is 1. The van der Waals surface area contributed by atoms with Crippen molar-refractivity contribution in [3.8, 4) is 5.75 Å². The number of hydrogen-bond acceptors (Lipinski definition) is 4. The highest BCUT2D eigenvalue weighted by Crippen LogP contribution is 2.27. The van der Waals surface area contributed by atoms with E-state index in [2.05, 4.69) is 5.32 Å². The summed E-state index contributed by atoms with van der Waals surface area (Å²) in [5.74, 6) is -0.860. The van der Waals surface area contributed by atoms with E-state index in [1.807, 2.05) is 0 Å². The summed E-state index contributed by atoms with van der Waals surface area (Å²) >= 11 is 5.90. The Bertz CT molecular complexity index is 940. The maximum atomic E-state index is 12.7. The molecule has 0 aromatic heterocycles. The first kappa shape index (κ1) is 19.7. The molecule has 0 aliphatic carbocycles. The summed E-state index contributed by atoms with van der Waals surface area (Å²) in [6.45, 7) is 1.04. The third-order valence-corrected chi connectivity index (χ3v) is 6.58. The van der Waals surface area contributed by atoms with Crippen LogP contribution in [0.4, 0.5) is 5.69 Å². The molecule has 1 aliphatic heterocycles. The van der Waals surface area contributed by atoms with Crippen molar-refractivity contribution in [3.05, 3.63) is 58.6 Å². The number of nitrogens with zero attached hydrogens (tertiary/aromatic N) is 1. The van der Waals surface area contributed by atoms with E-state index in [-0.39, 0.29) is 22.8 Å². The first-order valence-electron chi connectivity index (χ1n) is 8.72. The van der Waals surface area contributed by atoms with Crippen molar-refractivity contribution in [2.45, 2.75) is 25.0 Å². The Balaban J connectivity index is 1.83. The van der Waals surface area contributed by atoms with Crippen molar-refractivity contribution in [3.63, 3.8) is 0 Å². The number of carbonyl (C=O) groups excluding carboxylic acids is 1. The number of phenols is 1. The van der Waals surface area contributed by atoms with Crippen molar-refractivity contribution in [2.75, 3.05) is 18.4 Å². The second-order valence-electron chi connectivity index (χ2n) is 6.49. The van der Waals surface area contributed by atoms with E-state index in [1.165, 1.54) is 22.5 Å². The van der Waals surface area contributed by atoms with Crippen LogP contribution in [0.5, 0.6) is 5.75 Å². The minimum absolute atomic E-state index is 0.119. The molecule has 0 spiro atoms. The molecule has 3 rings (SSSR count). The third-order valence-electron chi connectivity index (χ3n) is 4.52. The van der Waals surface area contributed by atoms with Gasteiger partial charge in [-0.05, 0) is 42.7 Å². The van der Waals surface area contributed by atoms with Gasteiger partial charge in [-0.1, -0.05) is 36.2 Å². The molecule has 6 nitrogen and oxygen atoms in total. The fraction of sp³-hybridized carbons (Fsp3) is 0.316. The van der Waals surface area contributed by atoms with Crippen molar-refractivity contribution < 1.29 is 18.3 Å². The molecular weight excluding hydrogens is 388 g/mol. The number of anilines is 1. The zero-order chi connectivity index (χ0) is 19.4. The number of halogens is 1. The molecule has 2 aromatic rings. The van der Waals surface area contributed by atoms with E-state index in [9.17, 15) is 18.3 Å². The van der Waals surface area contributed by atoms with E-state index in [1.54, 1.807) is 24.3 Å². The third kappa shape index (κ3) is 4.80. The quantitative estimate of drug-likeness (QED) is 0.740. The zero-order valence-electron chi connectivity index (χ0n) is 14.7. The van der Waals surface area contributed by atoms with Crippen LogP contribution in [0.3, 0.4) is 0 Å². The Morgan fingerprint density at radius 3 is 2.56 bits per heavy atom. The molecule has 0 bridgehead atoms. The van der Waals surface area contributed by atoms with Gasteiger partial charge >= 0.3 is 0 Å². The fourth-order valence-corrected chi connectivity index (χ4v) is 4.91. The molecule has 1 heterocycles. The molecule has 0 atom stereocenters. The monoisotopic (exact) mass is 408 g/mol. The average molecular weight is 409 g/mol. The number of piperidine rings is 1. The fourth-order valence-electron chi connectivity index (χ4n) is 3.10. The van der Waals surface area contributed by atoms with Crippen LogP contribution >= 0.6 is 11.6 Å². The molecule has 1 amide bonds. The van der Waals surface area contributed by atoms with Crippen LogP contribution in [0.2, 0.25) is 5.02 Å². The first-order valence-corrected chi connectivity index (χ1v) is 10.7. The van der Waals surface area contributed by atoms with Gasteiger partial charge in [-0.3, -0.25) is 4.79 Å². The smallest absolute Gasteiger partial charge is 0.256 e. The number of hydrogen-bond donors (Lipinski definition) is 2. The van der Waals surface area contributed by atoms with Gasteiger partial charge in [0.05, 0.1) is 11.4 Å². The highest BCUT2D eigenvalue weighted by molar-refractivity contribution is 7.88. The predicted octanol–water partition coefficient (Wildman–Crippen LogP) is 3.61. The van der Waals surface area contributed by atoms with Gasteiger partial charge in [0.25, 0.3) is 5.91 Å². The van der Waals surface area contributed by atoms with Crippen molar-refractivity contribution in [1.29, 1.82) is 0 Å². The lowest BCUT2D eigenvalue weighted by atomic mass is 10.1. The van der Waals surface area contributed by atoms with Gasteiger partial charge < -0.3 is 10.4 Å². The molecule has 1 saturated heterocycles. The van der Waals surface area contributed by atoms with Gasteiger partial charge in [-0.15, -0.1) is 0 Å². The number of phenolic OH excluding ortho intramolecular Hbond substituents is 1. The molecule has 144 valence electrons. The highest BCUT2D eigenvalue weighted by atomic mass is 35.5. The second-order valence-corrected chi connectivity index (χ2v) is 8.89. The summed E-state index contributed by atoms with van der Waals surface area (Å²) in [7, 11) is -3.50. The lowest BCUT2D eigenvalue weighted by Crippen LogP contribution is -2.36. The largest absolute Gasteiger partial charge is 0.506 e. The average Bonchev–Trinajstić information content (AvgIpc) is 2.65. The van der Waals surface area contributed by atoms with Crippen LogP contribution in [-0.2, 0) is 15.8 Å². The molecule has 1 fully saturated rings. The number of rotatable bonds is 5. The van der Waals surface area contributed by atoms with Gasteiger partial charge in [-0.2, -0.15) is 0 Å². The lowest BCUT2D eigenvalue weighted by Gasteiger charge is -2.26. The van der Waals surface area contributed by atoms with Crippen molar-refractivity contribution >= 4 is 33.2 Å². The molecule has 0 radical (unpaired) electrons. The Hall–Kier alpha value is -2.09. The van der Waals surface area contributed by atoms with E-state index >= 15 is 0 Å². The normalized spacial score (nSPS) is 15.4. The first-order chi connectivity index (χ1) is 12.9. The zero-order valence-corrected chi connectivity index (χ0v) is 16.3. The summed E-state index contributed by atoms with van der Waals surface area (Å²) in [6.07, 6.45) is 2.75. The van der Waals surface area contributed by atoms with Gasteiger partial charge in [0.1, 0.15) is 5.75 Å². The SMILES string of the molecule is O=C(Nc1cc(Cl)ccc1O)c1ccccc1CS(=O)(=O)N1CCCCC1. The second kappa shape index (κ2) is 8.29. The molecule has 2 aromatic carbocycles. The maximum Gasteiger partial charge on any atom is 0.256 e. The van der Waals surface area contributed by atoms with Crippen molar-refractivity contribution in [2.24, 2.45) is 0 Å². The van der Waals surface area contributed by atoms with Gasteiger partial charge in [-0.25, -0.2) is 12.7 Å². The minimum atomic E-state index is -3.50. The summed E-state index contributed by atoms with van der Waals surface area (Å²) in [5, 5.41) is 12.8. The van der Waals surface area contributed by atoms with Crippen LogP contribution < -0.4 is 5.32 Å². The molecule has 0 saturated carbocycles. The van der Waals surface area contributed by atoms with Crippen LogP contribution in [0.15, 0.2) is 42.5 Å². The number of sulfonamides is 1. The number of amides is 1. The van der Waals surface area contributed by atoms with E-state index < -0.39 is 15.9 Å². The van der Waals surface area contributed by atoms with E-state index in [0.717, 1.165) is 19.3 Å². The summed E-state index contributed by atoms with van der Waals surface area (Å²) in [4.78, 5) is 12.7. The maximum absolute atomic E-state index is 12.7. The van der Waals surface area contributed by atoms with E-state index in [4.69, 9.17) is 11.6 Å². The Morgan fingerprint density at radius 1 is 1.11 bits per heavy atom. The number of carbonyl (C=O) groups is 1. The van der Waals surface area contributed by atoms with Crippen molar-refractivity contribution in [1.82, 2.24) is 4.31 Å². The van der Waals surface area contributed by atoms with Crippen LogP contribution in [0, 0.1) is 0 Å². The topological polar surface area (TPSA) is 86.7 Å². The Kier molecular flexibility index (Phi) is 6.04. The summed E-state index contributed by atoms with van der Waals surface area (Å²) < 4.78 is 26.9. The van der Waals surface area contributed by atoms with Gasteiger partial charge in [0.2, 0.25) is 10.0 Å². The predicted molar refractivity (Wildman–Crippen MR) is 106 cm³/mol. The van der Waals surface area contributed by atoms with E-state index in [0.29, 0.717) is 23.7 Å². The molecular formula is C19H21ClN2O4S. The molecule has 27 heavy (non-hydrogen) atoms. The number of benzene rings is 2. The van der Waals surface area contributed by atoms with Gasteiger partial charge in [0.15, 0.2) is 0 Å². The van der Waals surface area contributed by atoms with Gasteiger partial charge in [0, 0.05) is 23.7 Å². The van der Waals surface area contributed by atoms with Crippen LogP contribution in [0.25, 0.3) is 0 Å². The molecule has 2 N–H and O–H groups in total.